The van der Waals surface area contributed by atoms with E-state index in [4.69, 9.17) is 0 Å². The number of thioether (sulfide) groups is 1. The molecular weight excluding hydrogens is 569 g/mol. The molecule has 2 aromatic heterocycles. The second-order valence-corrected chi connectivity index (χ2v) is 12.9. The monoisotopic (exact) mass is 602 g/mol. The molecule has 2 atom stereocenters. The highest BCUT2D eigenvalue weighted by atomic mass is 32.2. The number of nitrogens with one attached hydrogen (secondary N) is 2. The number of rotatable bonds is 10. The SMILES string of the molecule is CSc1cccc(-c2cnc(-c3ccc(C[C@H](NC(=O)c4ccc(C(C)(C)C)s4)C(=O)N[C@H](C)C(=O)O)cc3)nc2)c1. The largest absolute Gasteiger partial charge is 0.480 e. The zero-order chi connectivity index (χ0) is 30.4. The summed E-state index contributed by atoms with van der Waals surface area (Å²) in [4.78, 5) is 49.3. The van der Waals surface area contributed by atoms with Crippen LogP contribution >= 0.6 is 23.1 Å². The number of amides is 2. The van der Waals surface area contributed by atoms with Crippen LogP contribution in [0.2, 0.25) is 0 Å². The van der Waals surface area contributed by atoms with E-state index in [0.29, 0.717) is 10.7 Å². The van der Waals surface area contributed by atoms with Gasteiger partial charge in [0.25, 0.3) is 5.91 Å². The molecule has 8 nitrogen and oxygen atoms in total. The van der Waals surface area contributed by atoms with Crippen molar-refractivity contribution in [1.29, 1.82) is 0 Å². The third-order valence-corrected chi connectivity index (χ3v) is 8.86. The van der Waals surface area contributed by atoms with E-state index < -0.39 is 24.0 Å². The number of aliphatic carboxylic acids is 1. The van der Waals surface area contributed by atoms with Gasteiger partial charge in [-0.15, -0.1) is 23.1 Å². The Kier molecular flexibility index (Phi) is 9.80. The number of hydrogen-bond acceptors (Lipinski definition) is 7. The van der Waals surface area contributed by atoms with E-state index in [1.54, 1.807) is 30.2 Å². The fourth-order valence-electron chi connectivity index (χ4n) is 4.13. The topological polar surface area (TPSA) is 121 Å². The van der Waals surface area contributed by atoms with Crippen LogP contribution in [0.4, 0.5) is 0 Å². The molecule has 2 amide bonds. The van der Waals surface area contributed by atoms with Crippen LogP contribution < -0.4 is 10.6 Å². The number of carbonyl (C=O) groups is 3. The maximum absolute atomic E-state index is 13.1. The number of benzene rings is 2. The van der Waals surface area contributed by atoms with Crippen molar-refractivity contribution in [2.45, 2.75) is 56.5 Å². The quantitative estimate of drug-likeness (QED) is 0.196. The second kappa shape index (κ2) is 13.3. The van der Waals surface area contributed by atoms with Crippen molar-refractivity contribution in [3.05, 3.63) is 88.4 Å². The lowest BCUT2D eigenvalue weighted by Gasteiger charge is -2.20. The number of thiophene rings is 1. The van der Waals surface area contributed by atoms with Crippen LogP contribution in [0.15, 0.2) is 78.0 Å². The Labute approximate surface area is 254 Å². The second-order valence-electron chi connectivity index (χ2n) is 10.9. The molecule has 4 rings (SSSR count). The van der Waals surface area contributed by atoms with Gasteiger partial charge in [-0.1, -0.05) is 57.2 Å². The molecule has 0 saturated carbocycles. The number of carbonyl (C=O) groups excluding carboxylic acids is 2. The minimum atomic E-state index is -1.16. The highest BCUT2D eigenvalue weighted by Gasteiger charge is 2.26. The van der Waals surface area contributed by atoms with E-state index >= 15 is 0 Å². The van der Waals surface area contributed by atoms with Gasteiger partial charge in [0.2, 0.25) is 5.91 Å². The van der Waals surface area contributed by atoms with Crippen molar-refractivity contribution >= 4 is 40.9 Å². The molecule has 10 heteroatoms. The van der Waals surface area contributed by atoms with E-state index in [1.165, 1.54) is 18.3 Å². The smallest absolute Gasteiger partial charge is 0.325 e. The lowest BCUT2D eigenvalue weighted by Crippen LogP contribution is -2.51. The average molecular weight is 603 g/mol. The Balaban J connectivity index is 1.50. The van der Waals surface area contributed by atoms with Gasteiger partial charge in [0, 0.05) is 39.7 Å². The molecule has 2 heterocycles. The molecular formula is C32H34N4O4S2. The molecule has 3 N–H and O–H groups in total. The number of hydrogen-bond donors (Lipinski definition) is 3. The minimum absolute atomic E-state index is 0.109. The van der Waals surface area contributed by atoms with Gasteiger partial charge >= 0.3 is 5.97 Å². The highest BCUT2D eigenvalue weighted by molar-refractivity contribution is 7.98. The number of carboxylic acids is 1. The van der Waals surface area contributed by atoms with Gasteiger partial charge in [-0.2, -0.15) is 0 Å². The zero-order valence-corrected chi connectivity index (χ0v) is 25.8. The molecule has 0 fully saturated rings. The molecule has 0 unspecified atom stereocenters. The first-order chi connectivity index (χ1) is 19.9. The summed E-state index contributed by atoms with van der Waals surface area (Å²) < 4.78 is 0. The van der Waals surface area contributed by atoms with E-state index in [1.807, 2.05) is 48.7 Å². The van der Waals surface area contributed by atoms with E-state index in [9.17, 15) is 19.5 Å². The molecule has 0 radical (unpaired) electrons. The van der Waals surface area contributed by atoms with Crippen molar-refractivity contribution < 1.29 is 19.5 Å². The standard InChI is InChI=1S/C32H34N4O4S2/c1-19(31(39)40)35-29(37)25(36-30(38)26-13-14-27(42-26)32(2,3)4)15-20-9-11-21(12-10-20)28-33-17-23(18-34-28)22-7-6-8-24(16-22)41-5/h6-14,16-19,25H,15H2,1-5H3,(H,35,37)(H,36,38)(H,39,40)/t19-,25+/m1/s1. The van der Waals surface area contributed by atoms with Crippen molar-refractivity contribution in [3.8, 4) is 22.5 Å². The first-order valence-corrected chi connectivity index (χ1v) is 15.5. The maximum Gasteiger partial charge on any atom is 0.325 e. The molecule has 2 aromatic carbocycles. The summed E-state index contributed by atoms with van der Waals surface area (Å²) in [6.07, 6.45) is 5.80. The molecule has 0 spiro atoms. The van der Waals surface area contributed by atoms with Crippen LogP contribution in [-0.4, -0.2) is 51.2 Å². The van der Waals surface area contributed by atoms with Gasteiger partial charge in [-0.3, -0.25) is 14.4 Å². The van der Waals surface area contributed by atoms with Crippen molar-refractivity contribution in [2.75, 3.05) is 6.26 Å². The van der Waals surface area contributed by atoms with Gasteiger partial charge in [0.1, 0.15) is 12.1 Å². The Morgan fingerprint density at radius 3 is 2.21 bits per heavy atom. The first kappa shape index (κ1) is 30.9. The predicted molar refractivity (Wildman–Crippen MR) is 168 cm³/mol. The maximum atomic E-state index is 13.1. The predicted octanol–water partition coefficient (Wildman–Crippen LogP) is 5.82. The Bertz CT molecular complexity index is 1560. The lowest BCUT2D eigenvalue weighted by atomic mass is 9.95. The van der Waals surface area contributed by atoms with E-state index in [-0.39, 0.29) is 17.7 Å². The fourth-order valence-corrected chi connectivity index (χ4v) is 5.56. The normalized spacial score (nSPS) is 12.8. The van der Waals surface area contributed by atoms with Crippen LogP contribution in [0, 0.1) is 0 Å². The minimum Gasteiger partial charge on any atom is -0.480 e. The molecule has 0 bridgehead atoms. The molecule has 0 aliphatic heterocycles. The summed E-state index contributed by atoms with van der Waals surface area (Å²) in [5, 5.41) is 14.6. The van der Waals surface area contributed by atoms with Gasteiger partial charge < -0.3 is 15.7 Å². The average Bonchev–Trinajstić information content (AvgIpc) is 3.49. The molecule has 218 valence electrons. The Morgan fingerprint density at radius 2 is 1.62 bits per heavy atom. The lowest BCUT2D eigenvalue weighted by molar-refractivity contribution is -0.141. The number of aromatic nitrogens is 2. The molecule has 42 heavy (non-hydrogen) atoms. The summed E-state index contributed by atoms with van der Waals surface area (Å²) in [7, 11) is 0. The van der Waals surface area contributed by atoms with Crippen molar-refractivity contribution in [3.63, 3.8) is 0 Å². The summed E-state index contributed by atoms with van der Waals surface area (Å²) in [6.45, 7) is 7.58. The van der Waals surface area contributed by atoms with Crippen molar-refractivity contribution in [1.82, 2.24) is 20.6 Å². The van der Waals surface area contributed by atoms with Gasteiger partial charge in [-0.25, -0.2) is 9.97 Å². The van der Waals surface area contributed by atoms with E-state index in [2.05, 4.69) is 53.5 Å². The summed E-state index contributed by atoms with van der Waals surface area (Å²) in [6, 6.07) is 17.2. The Hall–Kier alpha value is -4.02. The van der Waals surface area contributed by atoms with Gasteiger partial charge in [-0.05, 0) is 54.0 Å². The molecule has 0 aliphatic rings. The highest BCUT2D eigenvalue weighted by Crippen LogP contribution is 2.29. The zero-order valence-electron chi connectivity index (χ0n) is 24.2. The van der Waals surface area contributed by atoms with Crippen LogP contribution in [0.5, 0.6) is 0 Å². The first-order valence-electron chi connectivity index (χ1n) is 13.4. The van der Waals surface area contributed by atoms with Gasteiger partial charge in [0.05, 0.1) is 4.88 Å². The number of nitrogens with zero attached hydrogens (tertiary/aromatic N) is 2. The fraction of sp³-hybridized carbons (Fsp3) is 0.281. The Morgan fingerprint density at radius 1 is 0.929 bits per heavy atom. The van der Waals surface area contributed by atoms with Crippen molar-refractivity contribution in [2.24, 2.45) is 0 Å². The molecule has 0 aliphatic carbocycles. The van der Waals surface area contributed by atoms with Crippen LogP contribution in [0.1, 0.15) is 47.8 Å². The van der Waals surface area contributed by atoms with Gasteiger partial charge in [0.15, 0.2) is 5.82 Å². The van der Waals surface area contributed by atoms with Crippen LogP contribution in [-0.2, 0) is 21.4 Å². The molecule has 0 saturated heterocycles. The third kappa shape index (κ3) is 7.83. The third-order valence-electron chi connectivity index (χ3n) is 6.63. The number of carboxylic acid groups (broad SMARTS) is 1. The van der Waals surface area contributed by atoms with E-state index in [0.717, 1.165) is 32.0 Å². The summed E-state index contributed by atoms with van der Waals surface area (Å²) in [5.41, 5.74) is 3.45. The summed E-state index contributed by atoms with van der Waals surface area (Å²) in [5.74, 6) is -1.54. The van der Waals surface area contributed by atoms with Crippen LogP contribution in [0.3, 0.4) is 0 Å². The van der Waals surface area contributed by atoms with Crippen LogP contribution in [0.25, 0.3) is 22.5 Å². The molecule has 4 aromatic rings. The summed E-state index contributed by atoms with van der Waals surface area (Å²) >= 11 is 3.05.